The first-order valence-electron chi connectivity index (χ1n) is 9.19. The van der Waals surface area contributed by atoms with Crippen LogP contribution in [0.1, 0.15) is 23.3 Å². The van der Waals surface area contributed by atoms with Gasteiger partial charge in [-0.05, 0) is 31.4 Å². The predicted octanol–water partition coefficient (Wildman–Crippen LogP) is 4.89. The van der Waals surface area contributed by atoms with Gasteiger partial charge in [0.05, 0.1) is 11.9 Å². The Hall–Kier alpha value is -2.28. The molecule has 3 aromatic rings. The number of hydrogen-bond acceptors (Lipinski definition) is 5. The Balaban J connectivity index is 1.50. The minimum atomic E-state index is -2.66. The van der Waals surface area contributed by atoms with Gasteiger partial charge in [-0.25, -0.2) is 13.8 Å². The van der Waals surface area contributed by atoms with E-state index in [0.29, 0.717) is 5.95 Å². The number of alkyl halides is 2. The molecular formula is C20H22F2N4S. The number of benzene rings is 1. The molecule has 1 aromatic carbocycles. The number of nitrogens with zero attached hydrogens (tertiary/aromatic N) is 3. The van der Waals surface area contributed by atoms with Crippen molar-refractivity contribution in [2.45, 2.75) is 32.1 Å². The third-order valence-corrected chi connectivity index (χ3v) is 5.68. The lowest BCUT2D eigenvalue weighted by Crippen LogP contribution is -2.26. The van der Waals surface area contributed by atoms with Gasteiger partial charge in [0.25, 0.3) is 5.92 Å². The van der Waals surface area contributed by atoms with Crippen LogP contribution in [0, 0.1) is 6.92 Å². The topological polar surface area (TPSA) is 41.1 Å². The fraction of sp³-hybridized carbons (Fsp3) is 0.400. The molecule has 1 saturated heterocycles. The summed E-state index contributed by atoms with van der Waals surface area (Å²) in [5.41, 5.74) is 1.30. The molecule has 0 amide bonds. The number of anilines is 2. The van der Waals surface area contributed by atoms with Gasteiger partial charge in [0.15, 0.2) is 0 Å². The maximum Gasteiger partial charge on any atom is 0.267 e. The van der Waals surface area contributed by atoms with Gasteiger partial charge < -0.3 is 10.2 Å². The van der Waals surface area contributed by atoms with Crippen LogP contribution < -0.4 is 10.2 Å². The van der Waals surface area contributed by atoms with Crippen molar-refractivity contribution in [2.75, 3.05) is 29.9 Å². The Labute approximate surface area is 161 Å². The van der Waals surface area contributed by atoms with Crippen LogP contribution in [0.3, 0.4) is 0 Å². The van der Waals surface area contributed by atoms with Crippen LogP contribution in [0.2, 0.25) is 0 Å². The van der Waals surface area contributed by atoms with E-state index in [1.54, 1.807) is 16.2 Å². The zero-order valence-electron chi connectivity index (χ0n) is 15.2. The summed E-state index contributed by atoms with van der Waals surface area (Å²) in [7, 11) is 0. The van der Waals surface area contributed by atoms with E-state index in [2.05, 4.69) is 33.5 Å². The summed E-state index contributed by atoms with van der Waals surface area (Å²) in [4.78, 5) is 12.7. The van der Waals surface area contributed by atoms with Crippen LogP contribution in [-0.4, -0.2) is 35.5 Å². The lowest BCUT2D eigenvalue weighted by molar-refractivity contribution is 0.0256. The van der Waals surface area contributed by atoms with E-state index >= 15 is 0 Å². The molecule has 0 saturated carbocycles. The minimum Gasteiger partial charge on any atom is -0.369 e. The normalized spacial score (nSPS) is 16.2. The lowest BCUT2D eigenvalue weighted by Gasteiger charge is -2.17. The zero-order chi connectivity index (χ0) is 18.9. The molecule has 0 spiro atoms. The van der Waals surface area contributed by atoms with E-state index in [1.807, 2.05) is 25.1 Å². The number of aromatic nitrogens is 2. The highest BCUT2D eigenvalue weighted by molar-refractivity contribution is 7.18. The third-order valence-electron chi connectivity index (χ3n) is 4.73. The summed E-state index contributed by atoms with van der Waals surface area (Å²) in [6.07, 6.45) is 1.81. The van der Waals surface area contributed by atoms with Crippen molar-refractivity contribution in [3.63, 3.8) is 0 Å². The smallest absolute Gasteiger partial charge is 0.267 e. The molecule has 0 bridgehead atoms. The average molecular weight is 388 g/mol. The first-order valence-corrected chi connectivity index (χ1v) is 10.0. The second-order valence-corrected chi connectivity index (χ2v) is 8.23. The molecular weight excluding hydrogens is 366 g/mol. The van der Waals surface area contributed by atoms with E-state index in [0.717, 1.165) is 40.3 Å². The largest absolute Gasteiger partial charge is 0.369 e. The number of fused-ring (bicyclic) bond motifs is 1. The standard InChI is InChI=1S/C20H22F2N4S/c1-14-12-16-17(23-10-5-8-15-6-3-2-4-7-15)24-19(25-18(16)27-14)26-11-9-20(21,22)13-26/h2-4,6-7,12H,5,8-11,13H2,1H3,(H,23,24,25). The molecule has 1 aliphatic rings. The zero-order valence-corrected chi connectivity index (χ0v) is 16.0. The fourth-order valence-corrected chi connectivity index (χ4v) is 4.23. The highest BCUT2D eigenvalue weighted by atomic mass is 32.1. The maximum absolute atomic E-state index is 13.6. The molecule has 1 fully saturated rings. The maximum atomic E-state index is 13.6. The molecule has 142 valence electrons. The van der Waals surface area contributed by atoms with Gasteiger partial charge in [-0.3, -0.25) is 0 Å². The van der Waals surface area contributed by atoms with Crippen molar-refractivity contribution < 1.29 is 8.78 Å². The summed E-state index contributed by atoms with van der Waals surface area (Å²) in [5.74, 6) is -1.53. The molecule has 27 heavy (non-hydrogen) atoms. The summed E-state index contributed by atoms with van der Waals surface area (Å²) in [5, 5.41) is 4.36. The third kappa shape index (κ3) is 4.18. The molecule has 1 N–H and O–H groups in total. The summed E-state index contributed by atoms with van der Waals surface area (Å²) in [6.45, 7) is 2.77. The molecule has 4 nitrogen and oxygen atoms in total. The number of halogens is 2. The quantitative estimate of drug-likeness (QED) is 0.611. The Kier molecular flexibility index (Phi) is 4.95. The molecule has 0 radical (unpaired) electrons. The van der Waals surface area contributed by atoms with E-state index in [4.69, 9.17) is 0 Å². The Bertz CT molecular complexity index is 926. The van der Waals surface area contributed by atoms with Crippen molar-refractivity contribution in [3.8, 4) is 0 Å². The number of thiophene rings is 1. The summed E-state index contributed by atoms with van der Waals surface area (Å²) in [6, 6.07) is 12.4. The fourth-order valence-electron chi connectivity index (χ4n) is 3.36. The van der Waals surface area contributed by atoms with Crippen LogP contribution in [0.25, 0.3) is 10.2 Å². The van der Waals surface area contributed by atoms with E-state index in [9.17, 15) is 8.78 Å². The van der Waals surface area contributed by atoms with Crippen molar-refractivity contribution in [1.29, 1.82) is 0 Å². The number of rotatable bonds is 6. The van der Waals surface area contributed by atoms with E-state index in [-0.39, 0.29) is 19.5 Å². The molecule has 1 aliphatic heterocycles. The van der Waals surface area contributed by atoms with Crippen molar-refractivity contribution in [1.82, 2.24) is 9.97 Å². The second-order valence-electron chi connectivity index (χ2n) is 6.99. The Morgan fingerprint density at radius 1 is 1.22 bits per heavy atom. The number of hydrogen-bond donors (Lipinski definition) is 1. The number of nitrogens with one attached hydrogen (secondary N) is 1. The minimum absolute atomic E-state index is 0.141. The van der Waals surface area contributed by atoms with Crippen LogP contribution in [0.15, 0.2) is 36.4 Å². The second kappa shape index (κ2) is 7.38. The average Bonchev–Trinajstić information content (AvgIpc) is 3.20. The summed E-state index contributed by atoms with van der Waals surface area (Å²) < 4.78 is 27.2. The molecule has 4 rings (SSSR count). The molecule has 0 aliphatic carbocycles. The highest BCUT2D eigenvalue weighted by Gasteiger charge is 2.39. The van der Waals surface area contributed by atoms with Crippen molar-refractivity contribution in [2.24, 2.45) is 0 Å². The van der Waals surface area contributed by atoms with Crippen molar-refractivity contribution >= 4 is 33.3 Å². The van der Waals surface area contributed by atoms with Crippen molar-refractivity contribution in [3.05, 3.63) is 46.8 Å². The monoisotopic (exact) mass is 388 g/mol. The van der Waals surface area contributed by atoms with E-state index in [1.165, 1.54) is 5.56 Å². The van der Waals surface area contributed by atoms with Crippen LogP contribution in [0.5, 0.6) is 0 Å². The first kappa shape index (κ1) is 18.1. The van der Waals surface area contributed by atoms with E-state index < -0.39 is 5.92 Å². The summed E-state index contributed by atoms with van der Waals surface area (Å²) >= 11 is 1.57. The van der Waals surface area contributed by atoms with Crippen LogP contribution in [-0.2, 0) is 6.42 Å². The van der Waals surface area contributed by atoms with Gasteiger partial charge in [-0.1, -0.05) is 30.3 Å². The molecule has 0 unspecified atom stereocenters. The molecule has 2 aromatic heterocycles. The van der Waals surface area contributed by atoms with Gasteiger partial charge in [0.2, 0.25) is 5.95 Å². The highest BCUT2D eigenvalue weighted by Crippen LogP contribution is 2.34. The molecule has 0 atom stereocenters. The van der Waals surface area contributed by atoms with Crippen LogP contribution in [0.4, 0.5) is 20.5 Å². The van der Waals surface area contributed by atoms with Gasteiger partial charge in [0.1, 0.15) is 10.6 Å². The predicted molar refractivity (Wildman–Crippen MR) is 107 cm³/mol. The van der Waals surface area contributed by atoms with Gasteiger partial charge >= 0.3 is 0 Å². The Morgan fingerprint density at radius 3 is 2.78 bits per heavy atom. The van der Waals surface area contributed by atoms with Gasteiger partial charge in [-0.15, -0.1) is 11.3 Å². The molecule has 3 heterocycles. The number of aryl methyl sites for hydroxylation is 2. The SMILES string of the molecule is Cc1cc2c(NCCCc3ccccc3)nc(N3CCC(F)(F)C3)nc2s1. The van der Waals surface area contributed by atoms with Crippen LogP contribution >= 0.6 is 11.3 Å². The van der Waals surface area contributed by atoms with Gasteiger partial charge in [-0.2, -0.15) is 4.98 Å². The first-order chi connectivity index (χ1) is 13.0. The molecule has 7 heteroatoms. The Morgan fingerprint density at radius 2 is 2.04 bits per heavy atom. The lowest BCUT2D eigenvalue weighted by atomic mass is 10.1. The van der Waals surface area contributed by atoms with Gasteiger partial charge in [0, 0.05) is 24.4 Å².